The zero-order chi connectivity index (χ0) is 20.6. The van der Waals surface area contributed by atoms with Gasteiger partial charge in [0.05, 0.1) is 12.5 Å². The van der Waals surface area contributed by atoms with Crippen molar-refractivity contribution >= 4 is 21.6 Å². The molecule has 2 aromatic rings. The normalized spacial score (nSPS) is 20.9. The van der Waals surface area contributed by atoms with E-state index in [1.54, 1.807) is 28.3 Å². The van der Waals surface area contributed by atoms with E-state index in [1.165, 1.54) is 6.26 Å². The SMILES string of the molecule is CNC(=O)c1cnn2c(C3CCN(C4CCN(S(C)(=O)=O)CC4)CC3)ccnc12. The standard InChI is InChI=1S/C19H28N6O3S/c1-20-19(26)16-13-22-25-17(3-8-21-18(16)25)14-4-9-23(10-5-14)15-6-11-24(12-7-15)29(2,27)28/h3,8,13-15H,4-7,9-12H2,1-2H3,(H,20,26). The molecule has 4 heterocycles. The third-order valence-corrected chi connectivity index (χ3v) is 7.56. The Hall–Kier alpha value is -2.04. The van der Waals surface area contributed by atoms with Crippen molar-refractivity contribution < 1.29 is 13.2 Å². The van der Waals surface area contributed by atoms with Gasteiger partial charge in [0.2, 0.25) is 10.0 Å². The van der Waals surface area contributed by atoms with Crippen molar-refractivity contribution in [2.75, 3.05) is 39.5 Å². The molecule has 2 aliphatic rings. The van der Waals surface area contributed by atoms with Gasteiger partial charge in [-0.05, 0) is 44.8 Å². The molecule has 29 heavy (non-hydrogen) atoms. The third kappa shape index (κ3) is 4.01. The largest absolute Gasteiger partial charge is 0.355 e. The van der Waals surface area contributed by atoms with Crippen LogP contribution in [-0.4, -0.2) is 83.7 Å². The van der Waals surface area contributed by atoms with E-state index in [2.05, 4.69) is 20.3 Å². The minimum absolute atomic E-state index is 0.181. The van der Waals surface area contributed by atoms with Gasteiger partial charge in [-0.2, -0.15) is 5.10 Å². The zero-order valence-corrected chi connectivity index (χ0v) is 17.7. The average Bonchev–Trinajstić information content (AvgIpc) is 3.17. The van der Waals surface area contributed by atoms with E-state index in [0.29, 0.717) is 36.3 Å². The molecule has 0 saturated carbocycles. The molecule has 2 aliphatic heterocycles. The van der Waals surface area contributed by atoms with Crippen LogP contribution in [0.5, 0.6) is 0 Å². The Morgan fingerprint density at radius 1 is 1.14 bits per heavy atom. The van der Waals surface area contributed by atoms with Gasteiger partial charge in [0.15, 0.2) is 5.65 Å². The molecule has 1 amide bonds. The number of fused-ring (bicyclic) bond motifs is 1. The summed E-state index contributed by atoms with van der Waals surface area (Å²) in [4.78, 5) is 18.9. The lowest BCUT2D eigenvalue weighted by Gasteiger charge is -2.41. The van der Waals surface area contributed by atoms with Crippen molar-refractivity contribution in [2.45, 2.75) is 37.6 Å². The minimum atomic E-state index is -3.08. The van der Waals surface area contributed by atoms with Gasteiger partial charge >= 0.3 is 0 Å². The first-order valence-corrected chi connectivity index (χ1v) is 12.0. The number of nitrogens with zero attached hydrogens (tertiary/aromatic N) is 5. The molecule has 1 N–H and O–H groups in total. The second-order valence-electron chi connectivity index (χ2n) is 7.95. The molecule has 0 atom stereocenters. The van der Waals surface area contributed by atoms with Crippen LogP contribution in [0.4, 0.5) is 0 Å². The molecule has 10 heteroatoms. The van der Waals surface area contributed by atoms with E-state index in [4.69, 9.17) is 0 Å². The van der Waals surface area contributed by atoms with E-state index in [-0.39, 0.29) is 5.91 Å². The Labute approximate surface area is 171 Å². The summed E-state index contributed by atoms with van der Waals surface area (Å²) in [5.41, 5.74) is 2.18. The van der Waals surface area contributed by atoms with Gasteiger partial charge in [-0.3, -0.25) is 4.79 Å². The van der Waals surface area contributed by atoms with Crippen LogP contribution in [0.3, 0.4) is 0 Å². The number of likely N-dealkylation sites (tertiary alicyclic amines) is 1. The topological polar surface area (TPSA) is 99.9 Å². The maximum atomic E-state index is 12.0. The number of hydrogen-bond donors (Lipinski definition) is 1. The number of nitrogens with one attached hydrogen (secondary N) is 1. The highest BCUT2D eigenvalue weighted by Gasteiger charge is 2.31. The van der Waals surface area contributed by atoms with Crippen LogP contribution < -0.4 is 5.32 Å². The van der Waals surface area contributed by atoms with E-state index < -0.39 is 10.0 Å². The fraction of sp³-hybridized carbons (Fsp3) is 0.632. The molecule has 0 unspecified atom stereocenters. The lowest BCUT2D eigenvalue weighted by molar-refractivity contribution is 0.0964. The number of rotatable bonds is 4. The van der Waals surface area contributed by atoms with Crippen LogP contribution >= 0.6 is 0 Å². The molecule has 2 saturated heterocycles. The van der Waals surface area contributed by atoms with Crippen molar-refractivity contribution in [3.05, 3.63) is 29.7 Å². The molecular weight excluding hydrogens is 392 g/mol. The van der Waals surface area contributed by atoms with Crippen molar-refractivity contribution in [1.29, 1.82) is 0 Å². The summed E-state index contributed by atoms with van der Waals surface area (Å²) < 4.78 is 26.8. The Bertz CT molecular complexity index is 989. The number of sulfonamides is 1. The quantitative estimate of drug-likeness (QED) is 0.781. The van der Waals surface area contributed by atoms with Gasteiger partial charge in [0, 0.05) is 44.0 Å². The van der Waals surface area contributed by atoms with Crippen LogP contribution in [0.2, 0.25) is 0 Å². The van der Waals surface area contributed by atoms with E-state index in [1.807, 2.05) is 6.07 Å². The molecule has 0 aromatic carbocycles. The summed E-state index contributed by atoms with van der Waals surface area (Å²) in [6.45, 7) is 3.21. The molecule has 9 nitrogen and oxygen atoms in total. The summed E-state index contributed by atoms with van der Waals surface area (Å²) >= 11 is 0. The van der Waals surface area contributed by atoms with Crippen molar-refractivity contribution in [3.63, 3.8) is 0 Å². The average molecular weight is 421 g/mol. The molecule has 4 rings (SSSR count). The van der Waals surface area contributed by atoms with Gasteiger partial charge < -0.3 is 10.2 Å². The molecule has 0 spiro atoms. The second kappa shape index (κ2) is 8.00. The summed E-state index contributed by atoms with van der Waals surface area (Å²) in [5, 5.41) is 7.05. The predicted octanol–water partition coefficient (Wildman–Crippen LogP) is 0.692. The molecular formula is C19H28N6O3S. The predicted molar refractivity (Wildman–Crippen MR) is 109 cm³/mol. The van der Waals surface area contributed by atoms with E-state index in [0.717, 1.165) is 44.5 Å². The number of carbonyl (C=O) groups excluding carboxylic acids is 1. The monoisotopic (exact) mass is 420 g/mol. The first-order valence-electron chi connectivity index (χ1n) is 10.1. The summed E-state index contributed by atoms with van der Waals surface area (Å²) in [6.07, 6.45) is 8.44. The Morgan fingerprint density at radius 3 is 2.45 bits per heavy atom. The van der Waals surface area contributed by atoms with Gasteiger partial charge in [-0.15, -0.1) is 0 Å². The highest BCUT2D eigenvalue weighted by atomic mass is 32.2. The summed E-state index contributed by atoms with van der Waals surface area (Å²) in [5.74, 6) is 0.185. The molecule has 2 fully saturated rings. The zero-order valence-electron chi connectivity index (χ0n) is 16.9. The first kappa shape index (κ1) is 20.2. The van der Waals surface area contributed by atoms with Gasteiger partial charge in [0.25, 0.3) is 5.91 Å². The maximum Gasteiger partial charge on any atom is 0.256 e. The van der Waals surface area contributed by atoms with Crippen LogP contribution in [-0.2, 0) is 10.0 Å². The van der Waals surface area contributed by atoms with Crippen LogP contribution in [0.25, 0.3) is 5.65 Å². The maximum absolute atomic E-state index is 12.0. The highest BCUT2D eigenvalue weighted by Crippen LogP contribution is 2.31. The molecule has 0 aliphatic carbocycles. The highest BCUT2D eigenvalue weighted by molar-refractivity contribution is 7.88. The smallest absolute Gasteiger partial charge is 0.256 e. The van der Waals surface area contributed by atoms with E-state index in [9.17, 15) is 13.2 Å². The Balaban J connectivity index is 1.42. The van der Waals surface area contributed by atoms with Crippen LogP contribution in [0.1, 0.15) is 47.7 Å². The number of amides is 1. The Kier molecular flexibility index (Phi) is 5.58. The van der Waals surface area contributed by atoms with Gasteiger partial charge in [0.1, 0.15) is 5.56 Å². The summed E-state index contributed by atoms with van der Waals surface area (Å²) in [6, 6.07) is 2.45. The van der Waals surface area contributed by atoms with Crippen molar-refractivity contribution in [3.8, 4) is 0 Å². The number of piperidine rings is 2. The first-order chi connectivity index (χ1) is 13.9. The third-order valence-electron chi connectivity index (χ3n) is 6.26. The lowest BCUT2D eigenvalue weighted by Crippen LogP contribution is -2.48. The second-order valence-corrected chi connectivity index (χ2v) is 9.93. The number of hydrogen-bond acceptors (Lipinski definition) is 6. The van der Waals surface area contributed by atoms with Crippen LogP contribution in [0, 0.1) is 0 Å². The van der Waals surface area contributed by atoms with Crippen molar-refractivity contribution in [2.24, 2.45) is 0 Å². The molecule has 0 radical (unpaired) electrons. The van der Waals surface area contributed by atoms with Crippen LogP contribution in [0.15, 0.2) is 18.5 Å². The van der Waals surface area contributed by atoms with Crippen molar-refractivity contribution in [1.82, 2.24) is 29.1 Å². The molecule has 2 aromatic heterocycles. The Morgan fingerprint density at radius 2 is 1.83 bits per heavy atom. The molecule has 158 valence electrons. The lowest BCUT2D eigenvalue weighted by atomic mass is 9.91. The van der Waals surface area contributed by atoms with Gasteiger partial charge in [-0.25, -0.2) is 22.2 Å². The van der Waals surface area contributed by atoms with E-state index >= 15 is 0 Å². The fourth-order valence-electron chi connectivity index (χ4n) is 4.61. The molecule has 0 bridgehead atoms. The number of carbonyl (C=O) groups is 1. The van der Waals surface area contributed by atoms with Gasteiger partial charge in [-0.1, -0.05) is 0 Å². The summed E-state index contributed by atoms with van der Waals surface area (Å²) in [7, 11) is -1.48. The number of aromatic nitrogens is 3. The fourth-order valence-corrected chi connectivity index (χ4v) is 5.49. The minimum Gasteiger partial charge on any atom is -0.355 e.